The first-order valence-electron chi connectivity index (χ1n) is 6.24. The van der Waals surface area contributed by atoms with Crippen molar-refractivity contribution in [1.82, 2.24) is 4.90 Å². The number of rotatable bonds is 6. The highest BCUT2D eigenvalue weighted by molar-refractivity contribution is 5.93. The molecule has 1 N–H and O–H groups in total. The summed E-state index contributed by atoms with van der Waals surface area (Å²) in [5.74, 6) is -0.398. The van der Waals surface area contributed by atoms with Crippen LogP contribution >= 0.6 is 12.4 Å². The van der Waals surface area contributed by atoms with Crippen molar-refractivity contribution in [2.75, 3.05) is 32.6 Å². The van der Waals surface area contributed by atoms with Gasteiger partial charge in [-0.05, 0) is 45.3 Å². The minimum absolute atomic E-state index is 0. The molecule has 6 heteroatoms. The zero-order chi connectivity index (χ0) is 14.3. The number of nitrogens with zero attached hydrogens (tertiary/aromatic N) is 1. The summed E-state index contributed by atoms with van der Waals surface area (Å²) in [6.45, 7) is 2.81. The maximum atomic E-state index is 11.6. The Morgan fingerprint density at radius 1 is 1.20 bits per heavy atom. The first-order valence-corrected chi connectivity index (χ1v) is 6.24. The second-order valence-corrected chi connectivity index (χ2v) is 4.40. The van der Waals surface area contributed by atoms with Gasteiger partial charge < -0.3 is 15.0 Å². The van der Waals surface area contributed by atoms with Crippen molar-refractivity contribution < 1.29 is 14.3 Å². The molecule has 0 fully saturated rings. The van der Waals surface area contributed by atoms with Crippen LogP contribution in [-0.2, 0) is 9.53 Å². The van der Waals surface area contributed by atoms with E-state index in [1.807, 2.05) is 19.0 Å². The van der Waals surface area contributed by atoms with Crippen molar-refractivity contribution in [3.63, 3.8) is 0 Å². The number of nitrogens with one attached hydrogen (secondary N) is 1. The molecule has 0 aliphatic carbocycles. The monoisotopic (exact) mass is 300 g/mol. The van der Waals surface area contributed by atoms with E-state index in [1.165, 1.54) is 0 Å². The molecule has 0 unspecified atom stereocenters. The predicted octanol–water partition coefficient (Wildman–Crippen LogP) is 2.18. The van der Waals surface area contributed by atoms with E-state index in [2.05, 4.69) is 5.32 Å². The molecule has 0 saturated carbocycles. The molecule has 1 aromatic rings. The first-order chi connectivity index (χ1) is 9.02. The van der Waals surface area contributed by atoms with Crippen LogP contribution in [0.4, 0.5) is 5.69 Å². The molecular weight excluding hydrogens is 280 g/mol. The van der Waals surface area contributed by atoms with E-state index in [4.69, 9.17) is 4.74 Å². The predicted molar refractivity (Wildman–Crippen MR) is 81.4 cm³/mol. The highest BCUT2D eigenvalue weighted by Gasteiger charge is 2.07. The number of halogens is 1. The van der Waals surface area contributed by atoms with Gasteiger partial charge in [-0.15, -0.1) is 12.4 Å². The molecule has 1 rings (SSSR count). The van der Waals surface area contributed by atoms with Gasteiger partial charge in [-0.3, -0.25) is 4.79 Å². The highest BCUT2D eigenvalue weighted by Crippen LogP contribution is 2.11. The zero-order valence-electron chi connectivity index (χ0n) is 12.0. The number of carbonyl (C=O) groups excluding carboxylic acids is 2. The van der Waals surface area contributed by atoms with E-state index >= 15 is 0 Å². The topological polar surface area (TPSA) is 58.6 Å². The number of esters is 1. The van der Waals surface area contributed by atoms with Crippen LogP contribution in [0.5, 0.6) is 0 Å². The summed E-state index contributed by atoms with van der Waals surface area (Å²) >= 11 is 0. The number of hydrogen-bond donors (Lipinski definition) is 1. The molecule has 0 aliphatic rings. The van der Waals surface area contributed by atoms with Gasteiger partial charge in [0.2, 0.25) is 5.91 Å². The normalized spacial score (nSPS) is 9.80. The van der Waals surface area contributed by atoms with Crippen molar-refractivity contribution in [3.8, 4) is 0 Å². The fourth-order valence-electron chi connectivity index (χ4n) is 1.45. The van der Waals surface area contributed by atoms with E-state index in [0.717, 1.165) is 0 Å². The maximum absolute atomic E-state index is 11.6. The summed E-state index contributed by atoms with van der Waals surface area (Å²) in [7, 11) is 3.84. The number of amides is 1. The van der Waals surface area contributed by atoms with Crippen molar-refractivity contribution in [3.05, 3.63) is 29.8 Å². The largest absolute Gasteiger partial charge is 0.462 e. The van der Waals surface area contributed by atoms with Crippen molar-refractivity contribution in [2.24, 2.45) is 0 Å². The van der Waals surface area contributed by atoms with E-state index in [0.29, 0.717) is 30.8 Å². The van der Waals surface area contributed by atoms with Gasteiger partial charge in [-0.2, -0.15) is 0 Å². The summed E-state index contributed by atoms with van der Waals surface area (Å²) in [5.41, 5.74) is 1.16. The Balaban J connectivity index is 0.00000361. The minimum atomic E-state index is -0.354. The van der Waals surface area contributed by atoms with Gasteiger partial charge in [-0.25, -0.2) is 4.79 Å². The van der Waals surface area contributed by atoms with Crippen molar-refractivity contribution in [1.29, 1.82) is 0 Å². The molecule has 5 nitrogen and oxygen atoms in total. The first kappa shape index (κ1) is 18.4. The van der Waals surface area contributed by atoms with Crippen molar-refractivity contribution >= 4 is 30.0 Å². The lowest BCUT2D eigenvalue weighted by molar-refractivity contribution is -0.116. The summed E-state index contributed by atoms with van der Waals surface area (Å²) in [4.78, 5) is 25.0. The van der Waals surface area contributed by atoms with Crippen molar-refractivity contribution in [2.45, 2.75) is 13.3 Å². The third-order valence-electron chi connectivity index (χ3n) is 2.47. The SMILES string of the molecule is CCOC(=O)c1ccc(NC(=O)CCN(C)C)cc1.Cl. The van der Waals surface area contributed by atoms with Crippen LogP contribution in [0.25, 0.3) is 0 Å². The van der Waals surface area contributed by atoms with E-state index in [1.54, 1.807) is 31.2 Å². The van der Waals surface area contributed by atoms with E-state index in [9.17, 15) is 9.59 Å². The third kappa shape index (κ3) is 6.54. The Labute approximate surface area is 125 Å². The van der Waals surface area contributed by atoms with E-state index < -0.39 is 0 Å². The van der Waals surface area contributed by atoms with Gasteiger partial charge in [0.15, 0.2) is 0 Å². The van der Waals surface area contributed by atoms with E-state index in [-0.39, 0.29) is 24.3 Å². The Bertz CT molecular complexity index is 433. The maximum Gasteiger partial charge on any atom is 0.338 e. The standard InChI is InChI=1S/C14H20N2O3.ClH/c1-4-19-14(18)11-5-7-12(8-6-11)15-13(17)9-10-16(2)3;/h5-8H,4,9-10H2,1-3H3,(H,15,17);1H. The van der Waals surface area contributed by atoms with Gasteiger partial charge >= 0.3 is 5.97 Å². The molecule has 0 atom stereocenters. The van der Waals surface area contributed by atoms with Crippen LogP contribution < -0.4 is 5.32 Å². The summed E-state index contributed by atoms with van der Waals surface area (Å²) in [6, 6.07) is 6.67. The average molecular weight is 301 g/mol. The third-order valence-corrected chi connectivity index (χ3v) is 2.47. The summed E-state index contributed by atoms with van der Waals surface area (Å²) in [6.07, 6.45) is 0.437. The highest BCUT2D eigenvalue weighted by atomic mass is 35.5. The van der Waals surface area contributed by atoms with Gasteiger partial charge in [0.05, 0.1) is 12.2 Å². The Morgan fingerprint density at radius 3 is 2.30 bits per heavy atom. The van der Waals surface area contributed by atoms with Crippen LogP contribution in [0.1, 0.15) is 23.7 Å². The zero-order valence-corrected chi connectivity index (χ0v) is 12.8. The Hall–Kier alpha value is -1.59. The Kier molecular flexibility index (Phi) is 8.59. The number of anilines is 1. The fraction of sp³-hybridized carbons (Fsp3) is 0.429. The van der Waals surface area contributed by atoms with Gasteiger partial charge in [0.1, 0.15) is 0 Å². The Morgan fingerprint density at radius 2 is 1.80 bits per heavy atom. The number of hydrogen-bond acceptors (Lipinski definition) is 4. The lowest BCUT2D eigenvalue weighted by Gasteiger charge is -2.10. The molecule has 1 aromatic carbocycles. The van der Waals surface area contributed by atoms with Gasteiger partial charge in [-0.1, -0.05) is 0 Å². The summed E-state index contributed by atoms with van der Waals surface area (Å²) in [5, 5.41) is 2.78. The summed E-state index contributed by atoms with van der Waals surface area (Å²) < 4.78 is 4.88. The number of benzene rings is 1. The van der Waals surface area contributed by atoms with Gasteiger partial charge in [0.25, 0.3) is 0 Å². The quantitative estimate of drug-likeness (QED) is 0.818. The molecule has 0 aromatic heterocycles. The molecule has 1 amide bonds. The molecule has 0 saturated heterocycles. The van der Waals surface area contributed by atoms with Crippen LogP contribution in [0.3, 0.4) is 0 Å². The molecule has 0 aliphatic heterocycles. The van der Waals surface area contributed by atoms with Crippen LogP contribution in [0.15, 0.2) is 24.3 Å². The molecule has 0 heterocycles. The minimum Gasteiger partial charge on any atom is -0.462 e. The molecule has 20 heavy (non-hydrogen) atoms. The molecule has 0 radical (unpaired) electrons. The molecule has 0 spiro atoms. The fourth-order valence-corrected chi connectivity index (χ4v) is 1.45. The van der Waals surface area contributed by atoms with Crippen LogP contribution in [0, 0.1) is 0 Å². The molecule has 0 bridgehead atoms. The number of carbonyl (C=O) groups is 2. The second-order valence-electron chi connectivity index (χ2n) is 4.40. The van der Waals surface area contributed by atoms with Crippen LogP contribution in [-0.4, -0.2) is 44.0 Å². The lowest BCUT2D eigenvalue weighted by atomic mass is 10.2. The van der Waals surface area contributed by atoms with Gasteiger partial charge in [0, 0.05) is 18.7 Å². The molecule has 112 valence electrons. The smallest absolute Gasteiger partial charge is 0.338 e. The van der Waals surface area contributed by atoms with Crippen LogP contribution in [0.2, 0.25) is 0 Å². The lowest BCUT2D eigenvalue weighted by Crippen LogP contribution is -2.20. The second kappa shape index (κ2) is 9.34. The number of ether oxygens (including phenoxy) is 1. The molecular formula is C14H21ClN2O3. The average Bonchev–Trinajstić information content (AvgIpc) is 2.37.